The van der Waals surface area contributed by atoms with E-state index in [9.17, 15) is 9.59 Å². The molecule has 0 N–H and O–H groups in total. The first-order valence-electron chi connectivity index (χ1n) is 5.53. The summed E-state index contributed by atoms with van der Waals surface area (Å²) >= 11 is 0. The van der Waals surface area contributed by atoms with Gasteiger partial charge in [-0.3, -0.25) is 9.59 Å². The van der Waals surface area contributed by atoms with Crippen LogP contribution in [0.4, 0.5) is 0 Å². The van der Waals surface area contributed by atoms with Crippen LogP contribution >= 0.6 is 0 Å². The zero-order chi connectivity index (χ0) is 13.0. The Kier molecular flexibility index (Phi) is 3.52. The average molecular weight is 244 g/mol. The Labute approximate surface area is 104 Å². The van der Waals surface area contributed by atoms with Gasteiger partial charge in [-0.2, -0.15) is 0 Å². The lowest BCUT2D eigenvalue weighted by Crippen LogP contribution is -2.20. The number of carbonyl (C=O) groups is 1. The van der Waals surface area contributed by atoms with Crippen molar-refractivity contribution in [3.63, 3.8) is 0 Å². The van der Waals surface area contributed by atoms with Crippen LogP contribution in [0.2, 0.25) is 0 Å². The van der Waals surface area contributed by atoms with Crippen LogP contribution in [0.1, 0.15) is 17.3 Å². The molecule has 5 nitrogen and oxygen atoms in total. The third-order valence-electron chi connectivity index (χ3n) is 2.45. The van der Waals surface area contributed by atoms with Crippen molar-refractivity contribution in [3.05, 3.63) is 52.6 Å². The number of carbonyl (C=O) groups excluding carboxylic acids is 1. The van der Waals surface area contributed by atoms with Crippen molar-refractivity contribution in [2.24, 2.45) is 0 Å². The molecule has 2 aromatic rings. The van der Waals surface area contributed by atoms with E-state index in [4.69, 9.17) is 4.74 Å². The Bertz CT molecular complexity index is 602. The number of aromatic nitrogens is 2. The fraction of sp³-hybridized carbons (Fsp3) is 0.154. The zero-order valence-corrected chi connectivity index (χ0v) is 9.87. The molecule has 0 aliphatic carbocycles. The van der Waals surface area contributed by atoms with E-state index in [1.165, 1.54) is 10.8 Å². The van der Waals surface area contributed by atoms with Gasteiger partial charge in [0.2, 0.25) is 0 Å². The largest absolute Gasteiger partial charge is 0.435 e. The maximum absolute atomic E-state index is 11.8. The predicted octanol–water partition coefficient (Wildman–Crippen LogP) is 1.87. The number of hydrogen-bond acceptors (Lipinski definition) is 4. The van der Waals surface area contributed by atoms with Crippen LogP contribution in [-0.2, 0) is 6.54 Å². The zero-order valence-electron chi connectivity index (χ0n) is 9.87. The molecule has 1 aromatic carbocycles. The highest BCUT2D eigenvalue weighted by Crippen LogP contribution is 2.16. The van der Waals surface area contributed by atoms with Crippen molar-refractivity contribution >= 4 is 6.29 Å². The van der Waals surface area contributed by atoms with Gasteiger partial charge in [-0.05, 0) is 31.2 Å². The van der Waals surface area contributed by atoms with E-state index in [-0.39, 0.29) is 11.4 Å². The molecule has 0 spiro atoms. The predicted molar refractivity (Wildman–Crippen MR) is 66.1 cm³/mol. The van der Waals surface area contributed by atoms with Crippen molar-refractivity contribution in [1.29, 1.82) is 0 Å². The van der Waals surface area contributed by atoms with E-state index in [0.717, 1.165) is 6.29 Å². The maximum atomic E-state index is 11.8. The lowest BCUT2D eigenvalue weighted by Gasteiger charge is -2.06. The van der Waals surface area contributed by atoms with E-state index in [0.29, 0.717) is 17.9 Å². The van der Waals surface area contributed by atoms with Crippen LogP contribution in [0.3, 0.4) is 0 Å². The average Bonchev–Trinajstić information content (AvgIpc) is 2.42. The number of aldehydes is 1. The smallest absolute Gasteiger partial charge is 0.313 e. The van der Waals surface area contributed by atoms with Crippen molar-refractivity contribution in [1.82, 2.24) is 9.55 Å². The number of aryl methyl sites for hydroxylation is 1. The van der Waals surface area contributed by atoms with Gasteiger partial charge in [-0.1, -0.05) is 0 Å². The molecule has 0 aliphatic rings. The second-order valence-electron chi connectivity index (χ2n) is 3.61. The van der Waals surface area contributed by atoms with Crippen LogP contribution in [0.25, 0.3) is 0 Å². The van der Waals surface area contributed by atoms with Gasteiger partial charge < -0.3 is 9.30 Å². The van der Waals surface area contributed by atoms with Crippen molar-refractivity contribution in [2.45, 2.75) is 13.5 Å². The highest BCUT2D eigenvalue weighted by molar-refractivity contribution is 5.74. The maximum Gasteiger partial charge on any atom is 0.313 e. The summed E-state index contributed by atoms with van der Waals surface area (Å²) in [5.41, 5.74) is 0.272. The molecule has 0 fully saturated rings. The first-order chi connectivity index (χ1) is 8.74. The second-order valence-corrected chi connectivity index (χ2v) is 3.61. The van der Waals surface area contributed by atoms with Crippen molar-refractivity contribution in [3.8, 4) is 11.6 Å². The standard InChI is InChI=1S/C13H12N2O3/c1-2-15-8-7-14-12(13(15)17)18-11-5-3-10(9-16)4-6-11/h3-9H,2H2,1H3. The van der Waals surface area contributed by atoms with Crippen LogP contribution in [-0.4, -0.2) is 15.8 Å². The summed E-state index contributed by atoms with van der Waals surface area (Å²) in [6, 6.07) is 6.47. The Morgan fingerprint density at radius 2 is 2.06 bits per heavy atom. The highest BCUT2D eigenvalue weighted by atomic mass is 16.5. The molecule has 0 unspecified atom stereocenters. The summed E-state index contributed by atoms with van der Waals surface area (Å²) in [5.74, 6) is 0.497. The van der Waals surface area contributed by atoms with Gasteiger partial charge in [0.05, 0.1) is 0 Å². The van der Waals surface area contributed by atoms with Gasteiger partial charge in [-0.15, -0.1) is 0 Å². The molecule has 1 aromatic heterocycles. The summed E-state index contributed by atoms with van der Waals surface area (Å²) in [5, 5.41) is 0. The second kappa shape index (κ2) is 5.27. The number of rotatable bonds is 4. The SMILES string of the molecule is CCn1ccnc(Oc2ccc(C=O)cc2)c1=O. The Balaban J connectivity index is 2.28. The quantitative estimate of drug-likeness (QED) is 0.770. The van der Waals surface area contributed by atoms with E-state index in [1.807, 2.05) is 6.92 Å². The van der Waals surface area contributed by atoms with E-state index < -0.39 is 0 Å². The molecule has 0 bridgehead atoms. The summed E-state index contributed by atoms with van der Waals surface area (Å²) in [6.45, 7) is 2.42. The van der Waals surface area contributed by atoms with Crippen molar-refractivity contribution < 1.29 is 9.53 Å². The van der Waals surface area contributed by atoms with Gasteiger partial charge in [0, 0.05) is 24.5 Å². The van der Waals surface area contributed by atoms with Gasteiger partial charge in [0.25, 0.3) is 5.88 Å². The number of ether oxygens (including phenoxy) is 1. The molecular weight excluding hydrogens is 232 g/mol. The number of nitrogens with zero attached hydrogens (tertiary/aromatic N) is 2. The molecule has 5 heteroatoms. The van der Waals surface area contributed by atoms with E-state index in [2.05, 4.69) is 4.98 Å². The number of hydrogen-bond donors (Lipinski definition) is 0. The molecular formula is C13H12N2O3. The summed E-state index contributed by atoms with van der Waals surface area (Å²) < 4.78 is 6.89. The van der Waals surface area contributed by atoms with E-state index in [1.54, 1.807) is 30.5 Å². The molecule has 1 heterocycles. The molecule has 0 saturated carbocycles. The third kappa shape index (κ3) is 2.45. The highest BCUT2D eigenvalue weighted by Gasteiger charge is 2.06. The minimum absolute atomic E-state index is 0.0261. The summed E-state index contributed by atoms with van der Waals surface area (Å²) in [7, 11) is 0. The lowest BCUT2D eigenvalue weighted by atomic mass is 10.2. The fourth-order valence-corrected chi connectivity index (χ4v) is 1.47. The number of benzene rings is 1. The normalized spacial score (nSPS) is 10.1. The van der Waals surface area contributed by atoms with Crippen LogP contribution in [0.5, 0.6) is 11.6 Å². The first kappa shape index (κ1) is 12.0. The van der Waals surface area contributed by atoms with Gasteiger partial charge >= 0.3 is 5.56 Å². The third-order valence-corrected chi connectivity index (χ3v) is 2.45. The monoisotopic (exact) mass is 244 g/mol. The topological polar surface area (TPSA) is 61.2 Å². The van der Waals surface area contributed by atoms with Crippen LogP contribution in [0.15, 0.2) is 41.5 Å². The molecule has 0 amide bonds. The molecule has 0 aliphatic heterocycles. The van der Waals surface area contributed by atoms with Gasteiger partial charge in [0.1, 0.15) is 12.0 Å². The summed E-state index contributed by atoms with van der Waals surface area (Å²) in [4.78, 5) is 26.3. The Morgan fingerprint density at radius 3 is 2.67 bits per heavy atom. The van der Waals surface area contributed by atoms with Gasteiger partial charge in [0.15, 0.2) is 0 Å². The Hall–Kier alpha value is -2.43. The minimum atomic E-state index is -0.278. The van der Waals surface area contributed by atoms with Gasteiger partial charge in [-0.25, -0.2) is 4.98 Å². The van der Waals surface area contributed by atoms with Crippen LogP contribution < -0.4 is 10.3 Å². The molecule has 0 saturated heterocycles. The lowest BCUT2D eigenvalue weighted by molar-refractivity contribution is 0.112. The molecule has 92 valence electrons. The molecule has 0 atom stereocenters. The Morgan fingerprint density at radius 1 is 1.33 bits per heavy atom. The van der Waals surface area contributed by atoms with Crippen molar-refractivity contribution in [2.75, 3.05) is 0 Å². The molecule has 2 rings (SSSR count). The van der Waals surface area contributed by atoms with Crippen LogP contribution in [0, 0.1) is 0 Å². The minimum Gasteiger partial charge on any atom is -0.435 e. The molecule has 0 radical (unpaired) electrons. The summed E-state index contributed by atoms with van der Waals surface area (Å²) in [6.07, 6.45) is 3.86. The van der Waals surface area contributed by atoms with E-state index >= 15 is 0 Å². The fourth-order valence-electron chi connectivity index (χ4n) is 1.47. The molecule has 18 heavy (non-hydrogen) atoms. The first-order valence-corrected chi connectivity index (χ1v) is 5.53.